The molecule has 0 aliphatic rings. The monoisotopic (exact) mass is 265 g/mol. The van der Waals surface area contributed by atoms with Gasteiger partial charge in [0.25, 0.3) is 0 Å². The third kappa shape index (κ3) is 3.34. The number of hydrogen-bond acceptors (Lipinski definition) is 2. The zero-order valence-electron chi connectivity index (χ0n) is 10.5. The summed E-state index contributed by atoms with van der Waals surface area (Å²) >= 11 is 0. The molecular formula is C14H13F2NO2. The minimum atomic E-state index is -1.62. The fourth-order valence-electron chi connectivity index (χ4n) is 1.49. The first-order valence-electron chi connectivity index (χ1n) is 5.72. The van der Waals surface area contributed by atoms with Gasteiger partial charge in [-0.1, -0.05) is 13.8 Å². The van der Waals surface area contributed by atoms with E-state index in [4.69, 9.17) is 5.11 Å². The lowest BCUT2D eigenvalue weighted by Gasteiger charge is -2.05. The predicted octanol–water partition coefficient (Wildman–Crippen LogP) is 3.75. The molecule has 1 aromatic heterocycles. The van der Waals surface area contributed by atoms with Crippen molar-refractivity contribution in [1.29, 1.82) is 0 Å². The molecule has 0 aliphatic heterocycles. The molecule has 0 radical (unpaired) electrons. The van der Waals surface area contributed by atoms with Crippen LogP contribution in [0.15, 0.2) is 36.7 Å². The van der Waals surface area contributed by atoms with Crippen molar-refractivity contribution in [2.45, 2.75) is 13.8 Å². The Labute approximate surface area is 109 Å². The van der Waals surface area contributed by atoms with Gasteiger partial charge >= 0.3 is 5.97 Å². The molecule has 0 fully saturated rings. The van der Waals surface area contributed by atoms with Gasteiger partial charge in [0.2, 0.25) is 0 Å². The second-order valence-electron chi connectivity index (χ2n) is 3.36. The van der Waals surface area contributed by atoms with Gasteiger partial charge in [-0.2, -0.15) is 0 Å². The highest BCUT2D eigenvalue weighted by Gasteiger charge is 2.17. The molecule has 0 aliphatic carbocycles. The standard InChI is InChI=1S/C12H7F2NO2.C2H6/c13-9-5-8(7-1-3-15-4-2-7)6-10(14)11(9)12(16)17;1-2/h1-6H,(H,16,17);1-2H3. The maximum Gasteiger partial charge on any atom is 0.341 e. The number of rotatable bonds is 2. The van der Waals surface area contributed by atoms with Crippen LogP contribution in [0, 0.1) is 11.6 Å². The van der Waals surface area contributed by atoms with E-state index in [1.165, 1.54) is 12.4 Å². The highest BCUT2D eigenvalue weighted by molar-refractivity contribution is 5.89. The molecule has 1 heterocycles. The van der Waals surface area contributed by atoms with Crippen LogP contribution < -0.4 is 0 Å². The van der Waals surface area contributed by atoms with Crippen molar-refractivity contribution < 1.29 is 18.7 Å². The largest absolute Gasteiger partial charge is 0.477 e. The van der Waals surface area contributed by atoms with Gasteiger partial charge < -0.3 is 5.11 Å². The zero-order chi connectivity index (χ0) is 14.4. The van der Waals surface area contributed by atoms with E-state index < -0.39 is 23.2 Å². The van der Waals surface area contributed by atoms with Gasteiger partial charge in [0.15, 0.2) is 0 Å². The quantitative estimate of drug-likeness (QED) is 0.899. The van der Waals surface area contributed by atoms with E-state index in [1.54, 1.807) is 12.1 Å². The van der Waals surface area contributed by atoms with Gasteiger partial charge in [-0.15, -0.1) is 0 Å². The molecule has 0 bridgehead atoms. The second kappa shape index (κ2) is 6.58. The Morgan fingerprint density at radius 3 is 1.95 bits per heavy atom. The summed E-state index contributed by atoms with van der Waals surface area (Å²) in [7, 11) is 0. The Balaban J connectivity index is 0.000000861. The van der Waals surface area contributed by atoms with Crippen molar-refractivity contribution in [2.75, 3.05) is 0 Å². The SMILES string of the molecule is CC.O=C(O)c1c(F)cc(-c2ccncc2)cc1F. The summed E-state index contributed by atoms with van der Waals surface area (Å²) in [5.41, 5.74) is -0.107. The van der Waals surface area contributed by atoms with Crippen molar-refractivity contribution in [2.24, 2.45) is 0 Å². The number of aromatic carboxylic acids is 1. The molecule has 1 aromatic carbocycles. The van der Waals surface area contributed by atoms with Crippen LogP contribution in [0.1, 0.15) is 24.2 Å². The fraction of sp³-hybridized carbons (Fsp3) is 0.143. The summed E-state index contributed by atoms with van der Waals surface area (Å²) < 4.78 is 26.8. The van der Waals surface area contributed by atoms with E-state index in [0.29, 0.717) is 5.56 Å². The van der Waals surface area contributed by atoms with E-state index >= 15 is 0 Å². The van der Waals surface area contributed by atoms with Crippen LogP contribution in [-0.2, 0) is 0 Å². The molecular weight excluding hydrogens is 252 g/mol. The molecule has 5 heteroatoms. The van der Waals surface area contributed by atoms with Crippen LogP contribution in [0.4, 0.5) is 8.78 Å². The Bertz CT molecular complexity index is 548. The first kappa shape index (κ1) is 14.8. The lowest BCUT2D eigenvalue weighted by atomic mass is 10.0. The van der Waals surface area contributed by atoms with E-state index in [0.717, 1.165) is 12.1 Å². The first-order valence-corrected chi connectivity index (χ1v) is 5.72. The number of carboxylic acid groups (broad SMARTS) is 1. The summed E-state index contributed by atoms with van der Waals surface area (Å²) in [6, 6.07) is 5.13. The van der Waals surface area contributed by atoms with Gasteiger partial charge in [-0.05, 0) is 35.4 Å². The van der Waals surface area contributed by atoms with Crippen molar-refractivity contribution in [3.63, 3.8) is 0 Å². The first-order chi connectivity index (χ1) is 9.09. The molecule has 0 unspecified atom stereocenters. The lowest BCUT2D eigenvalue weighted by Crippen LogP contribution is -2.04. The molecule has 0 atom stereocenters. The van der Waals surface area contributed by atoms with Gasteiger partial charge in [0, 0.05) is 12.4 Å². The van der Waals surface area contributed by atoms with Crippen molar-refractivity contribution in [3.8, 4) is 11.1 Å². The fourth-order valence-corrected chi connectivity index (χ4v) is 1.49. The number of pyridine rings is 1. The maximum absolute atomic E-state index is 13.4. The average molecular weight is 265 g/mol. The molecule has 0 spiro atoms. The number of nitrogens with zero attached hydrogens (tertiary/aromatic N) is 1. The third-order valence-corrected chi connectivity index (χ3v) is 2.27. The van der Waals surface area contributed by atoms with Gasteiger partial charge in [-0.25, -0.2) is 13.6 Å². The minimum absolute atomic E-state index is 0.271. The number of halogens is 2. The number of carboxylic acids is 1. The summed E-state index contributed by atoms with van der Waals surface area (Å²) in [5, 5.41) is 8.62. The van der Waals surface area contributed by atoms with Crippen LogP contribution in [0.2, 0.25) is 0 Å². The molecule has 0 saturated heterocycles. The zero-order valence-corrected chi connectivity index (χ0v) is 10.5. The molecule has 0 saturated carbocycles. The van der Waals surface area contributed by atoms with Gasteiger partial charge in [0.05, 0.1) is 0 Å². The molecule has 1 N–H and O–H groups in total. The Morgan fingerprint density at radius 1 is 1.05 bits per heavy atom. The van der Waals surface area contributed by atoms with E-state index in [1.807, 2.05) is 13.8 Å². The van der Waals surface area contributed by atoms with Crippen molar-refractivity contribution in [3.05, 3.63) is 53.9 Å². The molecule has 0 amide bonds. The topological polar surface area (TPSA) is 50.2 Å². The predicted molar refractivity (Wildman–Crippen MR) is 67.9 cm³/mol. The highest BCUT2D eigenvalue weighted by atomic mass is 19.1. The minimum Gasteiger partial charge on any atom is -0.477 e. The van der Waals surface area contributed by atoms with Crippen LogP contribution in [0.5, 0.6) is 0 Å². The summed E-state index contributed by atoms with van der Waals surface area (Å²) in [4.78, 5) is 14.4. The van der Waals surface area contributed by atoms with E-state index in [2.05, 4.69) is 4.98 Å². The van der Waals surface area contributed by atoms with Crippen LogP contribution in [-0.4, -0.2) is 16.1 Å². The molecule has 100 valence electrons. The highest BCUT2D eigenvalue weighted by Crippen LogP contribution is 2.23. The molecule has 2 aromatic rings. The Hall–Kier alpha value is -2.30. The smallest absolute Gasteiger partial charge is 0.341 e. The lowest BCUT2D eigenvalue weighted by molar-refractivity contribution is 0.0686. The van der Waals surface area contributed by atoms with E-state index in [9.17, 15) is 13.6 Å². The number of carbonyl (C=O) groups is 1. The second-order valence-corrected chi connectivity index (χ2v) is 3.36. The van der Waals surface area contributed by atoms with Crippen LogP contribution >= 0.6 is 0 Å². The van der Waals surface area contributed by atoms with Gasteiger partial charge in [0.1, 0.15) is 17.2 Å². The summed E-state index contributed by atoms with van der Waals surface area (Å²) in [6.45, 7) is 4.00. The average Bonchev–Trinajstić information content (AvgIpc) is 2.40. The maximum atomic E-state index is 13.4. The van der Waals surface area contributed by atoms with Crippen LogP contribution in [0.25, 0.3) is 11.1 Å². The van der Waals surface area contributed by atoms with Gasteiger partial charge in [-0.3, -0.25) is 4.98 Å². The number of hydrogen-bond donors (Lipinski definition) is 1. The van der Waals surface area contributed by atoms with E-state index in [-0.39, 0.29) is 5.56 Å². The number of benzene rings is 1. The number of aromatic nitrogens is 1. The Morgan fingerprint density at radius 2 is 1.53 bits per heavy atom. The summed E-state index contributed by atoms with van der Waals surface area (Å²) in [5.74, 6) is -3.81. The molecule has 2 rings (SSSR count). The molecule has 3 nitrogen and oxygen atoms in total. The normalized spacial score (nSPS) is 9.47. The van der Waals surface area contributed by atoms with Crippen molar-refractivity contribution in [1.82, 2.24) is 4.98 Å². The third-order valence-electron chi connectivity index (χ3n) is 2.27. The Kier molecular flexibility index (Phi) is 5.11. The summed E-state index contributed by atoms with van der Waals surface area (Å²) in [6.07, 6.45) is 2.96. The molecule has 19 heavy (non-hydrogen) atoms. The van der Waals surface area contributed by atoms with Crippen LogP contribution in [0.3, 0.4) is 0 Å². The van der Waals surface area contributed by atoms with Crippen molar-refractivity contribution >= 4 is 5.97 Å².